The second kappa shape index (κ2) is 7.93. The van der Waals surface area contributed by atoms with Crippen LogP contribution in [0.4, 0.5) is 4.39 Å². The van der Waals surface area contributed by atoms with Crippen LogP contribution in [0.3, 0.4) is 0 Å². The molecule has 3 aromatic rings. The summed E-state index contributed by atoms with van der Waals surface area (Å²) in [6.07, 6.45) is 0. The number of hydrogen-bond donors (Lipinski definition) is 1. The monoisotopic (exact) mass is 352 g/mol. The Kier molecular flexibility index (Phi) is 5.43. The first-order chi connectivity index (χ1) is 12.5. The summed E-state index contributed by atoms with van der Waals surface area (Å²) in [6, 6.07) is 17.3. The van der Waals surface area contributed by atoms with Gasteiger partial charge in [-0.05, 0) is 56.6 Å². The van der Waals surface area contributed by atoms with Crippen LogP contribution in [0.1, 0.15) is 10.5 Å². The van der Waals surface area contributed by atoms with Gasteiger partial charge in [0.2, 0.25) is 0 Å². The highest BCUT2D eigenvalue weighted by Gasteiger charge is 2.17. The molecule has 3 rings (SSSR count). The zero-order valence-corrected chi connectivity index (χ0v) is 14.8. The fourth-order valence-electron chi connectivity index (χ4n) is 2.55. The van der Waals surface area contributed by atoms with E-state index in [1.165, 1.54) is 12.1 Å². The first kappa shape index (κ1) is 17.8. The third kappa shape index (κ3) is 4.15. The molecule has 0 bridgehead atoms. The van der Waals surface area contributed by atoms with Gasteiger partial charge in [-0.15, -0.1) is 0 Å². The van der Waals surface area contributed by atoms with Crippen molar-refractivity contribution in [3.05, 3.63) is 72.2 Å². The minimum Gasteiger partial charge on any atom is -0.349 e. The predicted molar refractivity (Wildman–Crippen MR) is 99.8 cm³/mol. The van der Waals surface area contributed by atoms with Crippen molar-refractivity contribution in [1.82, 2.24) is 20.0 Å². The van der Waals surface area contributed by atoms with Crippen molar-refractivity contribution in [2.75, 3.05) is 27.2 Å². The Labute approximate surface area is 152 Å². The highest BCUT2D eigenvalue weighted by molar-refractivity contribution is 5.94. The first-order valence-electron chi connectivity index (χ1n) is 8.39. The lowest BCUT2D eigenvalue weighted by molar-refractivity contribution is 0.0943. The molecule has 0 saturated carbocycles. The van der Waals surface area contributed by atoms with Crippen LogP contribution in [-0.4, -0.2) is 47.8 Å². The van der Waals surface area contributed by atoms with Gasteiger partial charge >= 0.3 is 0 Å². The van der Waals surface area contributed by atoms with Crippen LogP contribution in [0.25, 0.3) is 16.9 Å². The average molecular weight is 352 g/mol. The highest BCUT2D eigenvalue weighted by atomic mass is 19.1. The molecule has 1 heterocycles. The molecule has 2 aromatic carbocycles. The van der Waals surface area contributed by atoms with Gasteiger partial charge in [-0.2, -0.15) is 5.10 Å². The smallest absolute Gasteiger partial charge is 0.270 e. The van der Waals surface area contributed by atoms with Crippen molar-refractivity contribution in [3.63, 3.8) is 0 Å². The van der Waals surface area contributed by atoms with Crippen LogP contribution in [0.2, 0.25) is 0 Å². The van der Waals surface area contributed by atoms with Crippen molar-refractivity contribution < 1.29 is 9.18 Å². The number of aromatic nitrogens is 2. The van der Waals surface area contributed by atoms with Gasteiger partial charge in [-0.1, -0.05) is 18.2 Å². The van der Waals surface area contributed by atoms with E-state index in [1.54, 1.807) is 22.9 Å². The number of nitrogens with zero attached hydrogens (tertiary/aromatic N) is 3. The second-order valence-corrected chi connectivity index (χ2v) is 6.23. The summed E-state index contributed by atoms with van der Waals surface area (Å²) in [4.78, 5) is 14.7. The number of likely N-dealkylation sites (N-methyl/N-ethyl adjacent to an activating group) is 1. The molecule has 1 N–H and O–H groups in total. The third-order valence-corrected chi connectivity index (χ3v) is 3.93. The third-order valence-electron chi connectivity index (χ3n) is 3.93. The number of halogens is 1. The molecular formula is C20H21FN4O. The highest BCUT2D eigenvalue weighted by Crippen LogP contribution is 2.22. The Morgan fingerprint density at radius 2 is 1.81 bits per heavy atom. The number of amides is 1. The molecule has 0 unspecified atom stereocenters. The van der Waals surface area contributed by atoms with Gasteiger partial charge in [-0.3, -0.25) is 4.79 Å². The SMILES string of the molecule is CN(C)CCNC(=O)c1cc(-c2ccc(F)cc2)nn1-c1ccccc1. The van der Waals surface area contributed by atoms with Crippen molar-refractivity contribution in [2.24, 2.45) is 0 Å². The molecule has 0 aliphatic carbocycles. The number of carbonyl (C=O) groups is 1. The van der Waals surface area contributed by atoms with E-state index in [1.807, 2.05) is 49.3 Å². The van der Waals surface area contributed by atoms with Crippen LogP contribution in [0.5, 0.6) is 0 Å². The lowest BCUT2D eigenvalue weighted by atomic mass is 10.1. The Balaban J connectivity index is 1.95. The van der Waals surface area contributed by atoms with Crippen LogP contribution in [0.15, 0.2) is 60.7 Å². The number of nitrogens with one attached hydrogen (secondary N) is 1. The van der Waals surface area contributed by atoms with E-state index < -0.39 is 0 Å². The molecule has 0 radical (unpaired) electrons. The number of carbonyl (C=O) groups excluding carboxylic acids is 1. The molecule has 26 heavy (non-hydrogen) atoms. The van der Waals surface area contributed by atoms with Crippen LogP contribution >= 0.6 is 0 Å². The number of para-hydroxylation sites is 1. The maximum absolute atomic E-state index is 13.2. The van der Waals surface area contributed by atoms with Crippen molar-refractivity contribution >= 4 is 5.91 Å². The summed E-state index contributed by atoms with van der Waals surface area (Å²) in [7, 11) is 3.90. The normalized spacial score (nSPS) is 10.9. The quantitative estimate of drug-likeness (QED) is 0.742. The van der Waals surface area contributed by atoms with Crippen LogP contribution < -0.4 is 5.32 Å². The maximum Gasteiger partial charge on any atom is 0.270 e. The summed E-state index contributed by atoms with van der Waals surface area (Å²) < 4.78 is 14.8. The fourth-order valence-corrected chi connectivity index (χ4v) is 2.55. The van der Waals surface area contributed by atoms with Gasteiger partial charge in [0.25, 0.3) is 5.91 Å². The molecule has 0 saturated heterocycles. The lowest BCUT2D eigenvalue weighted by Gasteiger charge is -2.11. The average Bonchev–Trinajstić information content (AvgIpc) is 3.08. The van der Waals surface area contributed by atoms with E-state index in [-0.39, 0.29) is 11.7 Å². The molecule has 0 spiro atoms. The fraction of sp³-hybridized carbons (Fsp3) is 0.200. The lowest BCUT2D eigenvalue weighted by Crippen LogP contribution is -2.32. The zero-order valence-electron chi connectivity index (χ0n) is 14.8. The van der Waals surface area contributed by atoms with E-state index in [9.17, 15) is 9.18 Å². The Morgan fingerprint density at radius 3 is 2.46 bits per heavy atom. The Morgan fingerprint density at radius 1 is 1.12 bits per heavy atom. The summed E-state index contributed by atoms with van der Waals surface area (Å²) in [5, 5.41) is 7.48. The number of rotatable bonds is 6. The van der Waals surface area contributed by atoms with E-state index in [2.05, 4.69) is 10.4 Å². The van der Waals surface area contributed by atoms with Crippen molar-refractivity contribution in [3.8, 4) is 16.9 Å². The van der Waals surface area contributed by atoms with Crippen LogP contribution in [0, 0.1) is 5.82 Å². The molecule has 1 amide bonds. The molecule has 6 heteroatoms. The van der Waals surface area contributed by atoms with Gasteiger partial charge < -0.3 is 10.2 Å². The molecule has 134 valence electrons. The largest absolute Gasteiger partial charge is 0.349 e. The van der Waals surface area contributed by atoms with E-state index in [4.69, 9.17) is 0 Å². The summed E-state index contributed by atoms with van der Waals surface area (Å²) in [6.45, 7) is 1.29. The second-order valence-electron chi connectivity index (χ2n) is 6.23. The van der Waals surface area contributed by atoms with Crippen LogP contribution in [-0.2, 0) is 0 Å². The topological polar surface area (TPSA) is 50.2 Å². The number of benzene rings is 2. The van der Waals surface area contributed by atoms with Gasteiger partial charge in [0.15, 0.2) is 0 Å². The molecule has 0 fully saturated rings. The maximum atomic E-state index is 13.2. The first-order valence-corrected chi connectivity index (χ1v) is 8.39. The van der Waals surface area contributed by atoms with Crippen molar-refractivity contribution in [2.45, 2.75) is 0 Å². The van der Waals surface area contributed by atoms with Crippen molar-refractivity contribution in [1.29, 1.82) is 0 Å². The molecule has 1 aromatic heterocycles. The zero-order chi connectivity index (χ0) is 18.5. The Hall–Kier alpha value is -2.99. The molecule has 0 atom stereocenters. The van der Waals surface area contributed by atoms with Gasteiger partial charge in [-0.25, -0.2) is 9.07 Å². The minimum atomic E-state index is -0.308. The van der Waals surface area contributed by atoms with Gasteiger partial charge in [0.1, 0.15) is 11.5 Å². The standard InChI is InChI=1S/C20H21FN4O/c1-24(2)13-12-22-20(26)19-14-18(15-8-10-16(21)11-9-15)23-25(19)17-6-4-3-5-7-17/h3-11,14H,12-13H2,1-2H3,(H,22,26). The predicted octanol–water partition coefficient (Wildman–Crippen LogP) is 2.97. The van der Waals surface area contributed by atoms with E-state index >= 15 is 0 Å². The van der Waals surface area contributed by atoms with Gasteiger partial charge in [0.05, 0.1) is 11.4 Å². The summed E-state index contributed by atoms with van der Waals surface area (Å²) >= 11 is 0. The number of hydrogen-bond acceptors (Lipinski definition) is 3. The Bertz CT molecular complexity index is 873. The molecule has 5 nitrogen and oxygen atoms in total. The summed E-state index contributed by atoms with van der Waals surface area (Å²) in [5.41, 5.74) is 2.60. The van der Waals surface area contributed by atoms with E-state index in [0.29, 0.717) is 17.9 Å². The molecular weight excluding hydrogens is 331 g/mol. The molecule has 0 aliphatic rings. The summed E-state index contributed by atoms with van der Waals surface area (Å²) in [5.74, 6) is -0.505. The minimum absolute atomic E-state index is 0.198. The molecule has 0 aliphatic heterocycles. The van der Waals surface area contributed by atoms with Gasteiger partial charge in [0, 0.05) is 18.7 Å². The van der Waals surface area contributed by atoms with E-state index in [0.717, 1.165) is 17.8 Å².